The van der Waals surface area contributed by atoms with E-state index in [1.807, 2.05) is 42.5 Å². The number of benzene rings is 2. The van der Waals surface area contributed by atoms with E-state index >= 15 is 0 Å². The van der Waals surface area contributed by atoms with Gasteiger partial charge in [0.05, 0.1) is 5.52 Å². The molecule has 4 rings (SSSR count). The molecule has 1 fully saturated rings. The van der Waals surface area contributed by atoms with Gasteiger partial charge in [-0.05, 0) is 49.0 Å². The first-order valence-electron chi connectivity index (χ1n) is 9.16. The number of hydrogen-bond acceptors (Lipinski definition) is 4. The molecule has 0 radical (unpaired) electrons. The number of piperazine rings is 1. The van der Waals surface area contributed by atoms with Gasteiger partial charge in [0.25, 0.3) is 5.91 Å². The van der Waals surface area contributed by atoms with E-state index in [-0.39, 0.29) is 5.91 Å². The van der Waals surface area contributed by atoms with Crippen molar-refractivity contribution in [3.05, 3.63) is 52.5 Å². The van der Waals surface area contributed by atoms with Gasteiger partial charge in [-0.2, -0.15) is 5.10 Å². The quantitative estimate of drug-likeness (QED) is 0.665. The summed E-state index contributed by atoms with van der Waals surface area (Å²) in [5.74, 6) is 0.385. The normalized spacial score (nSPS) is 15.3. The molecule has 0 aliphatic carbocycles. The Morgan fingerprint density at radius 1 is 1.15 bits per heavy atom. The van der Waals surface area contributed by atoms with Crippen LogP contribution < -0.4 is 10.2 Å². The predicted octanol–water partition coefficient (Wildman–Crippen LogP) is 3.72. The first-order chi connectivity index (χ1) is 13.1. The lowest BCUT2D eigenvalue weighted by molar-refractivity contribution is 0.102. The average Bonchev–Trinajstić information content (AvgIpc) is 3.10. The Kier molecular flexibility index (Phi) is 5.13. The van der Waals surface area contributed by atoms with E-state index in [2.05, 4.69) is 48.2 Å². The van der Waals surface area contributed by atoms with Crippen LogP contribution >= 0.6 is 15.9 Å². The van der Waals surface area contributed by atoms with Gasteiger partial charge < -0.3 is 15.1 Å². The molecule has 0 unspecified atom stereocenters. The van der Waals surface area contributed by atoms with Gasteiger partial charge in [-0.25, -0.2) is 0 Å². The van der Waals surface area contributed by atoms with Gasteiger partial charge in [0.15, 0.2) is 5.82 Å². The van der Waals surface area contributed by atoms with Crippen molar-refractivity contribution in [1.82, 2.24) is 15.1 Å². The molecular formula is C20H22BrN5O. The first kappa shape index (κ1) is 18.0. The number of aromatic amines is 1. The molecule has 0 saturated carbocycles. The second-order valence-corrected chi connectivity index (χ2v) is 7.60. The summed E-state index contributed by atoms with van der Waals surface area (Å²) in [5, 5.41) is 10.9. The number of amides is 1. The maximum atomic E-state index is 12.6. The number of nitrogens with one attached hydrogen (secondary N) is 2. The van der Waals surface area contributed by atoms with Crippen molar-refractivity contribution in [1.29, 1.82) is 0 Å². The lowest BCUT2D eigenvalue weighted by Gasteiger charge is -2.35. The van der Waals surface area contributed by atoms with Gasteiger partial charge in [0.1, 0.15) is 0 Å². The van der Waals surface area contributed by atoms with Crippen molar-refractivity contribution >= 4 is 44.2 Å². The third-order valence-corrected chi connectivity index (χ3v) is 5.56. The van der Waals surface area contributed by atoms with E-state index in [9.17, 15) is 4.79 Å². The molecule has 140 valence electrons. The van der Waals surface area contributed by atoms with Crippen LogP contribution in [0.2, 0.25) is 0 Å². The highest BCUT2D eigenvalue weighted by Gasteiger charge is 2.17. The second kappa shape index (κ2) is 7.70. The number of rotatable bonds is 4. The number of carbonyl (C=O) groups is 1. The number of hydrogen-bond donors (Lipinski definition) is 2. The van der Waals surface area contributed by atoms with Crippen LogP contribution in [0, 0.1) is 0 Å². The number of carbonyl (C=O) groups excluding carboxylic acids is 1. The molecule has 2 heterocycles. The molecule has 0 atom stereocenters. The zero-order valence-electron chi connectivity index (χ0n) is 15.2. The lowest BCUT2D eigenvalue weighted by atomic mass is 10.1. The molecule has 3 aromatic rings. The highest BCUT2D eigenvalue weighted by atomic mass is 79.9. The Labute approximate surface area is 166 Å². The van der Waals surface area contributed by atoms with Crippen LogP contribution in [0.25, 0.3) is 10.9 Å². The predicted molar refractivity (Wildman–Crippen MR) is 113 cm³/mol. The summed E-state index contributed by atoms with van der Waals surface area (Å²) in [4.78, 5) is 17.4. The molecule has 27 heavy (non-hydrogen) atoms. The van der Waals surface area contributed by atoms with E-state index in [0.717, 1.165) is 53.8 Å². The smallest absolute Gasteiger partial charge is 0.256 e. The van der Waals surface area contributed by atoms with Crippen molar-refractivity contribution in [2.75, 3.05) is 42.9 Å². The Balaban J connectivity index is 1.44. The minimum absolute atomic E-state index is 0.159. The molecule has 1 aromatic heterocycles. The van der Waals surface area contributed by atoms with Crippen LogP contribution in [0.4, 0.5) is 11.5 Å². The fourth-order valence-electron chi connectivity index (χ4n) is 3.41. The van der Waals surface area contributed by atoms with Gasteiger partial charge in [-0.3, -0.25) is 9.89 Å². The molecule has 0 bridgehead atoms. The molecule has 1 aliphatic rings. The second-order valence-electron chi connectivity index (χ2n) is 6.68. The fourth-order valence-corrected chi connectivity index (χ4v) is 3.77. The fraction of sp³-hybridized carbons (Fsp3) is 0.300. The van der Waals surface area contributed by atoms with E-state index in [1.165, 1.54) is 0 Å². The van der Waals surface area contributed by atoms with Crippen LogP contribution in [0.5, 0.6) is 0 Å². The maximum Gasteiger partial charge on any atom is 0.256 e. The van der Waals surface area contributed by atoms with Crippen LogP contribution in [0.3, 0.4) is 0 Å². The van der Waals surface area contributed by atoms with Crippen LogP contribution in [-0.2, 0) is 0 Å². The molecule has 1 aliphatic heterocycles. The Bertz CT molecular complexity index is 945. The summed E-state index contributed by atoms with van der Waals surface area (Å²) in [7, 11) is 0. The third kappa shape index (κ3) is 3.84. The summed E-state index contributed by atoms with van der Waals surface area (Å²) < 4.78 is 0.965. The number of nitrogens with zero attached hydrogens (tertiary/aromatic N) is 3. The monoisotopic (exact) mass is 427 g/mol. The van der Waals surface area contributed by atoms with Crippen molar-refractivity contribution in [3.63, 3.8) is 0 Å². The molecule has 2 N–H and O–H groups in total. The van der Waals surface area contributed by atoms with Gasteiger partial charge in [0.2, 0.25) is 0 Å². The Morgan fingerprint density at radius 3 is 2.59 bits per heavy atom. The number of aromatic nitrogens is 2. The zero-order valence-corrected chi connectivity index (χ0v) is 16.8. The van der Waals surface area contributed by atoms with E-state index in [1.54, 1.807) is 0 Å². The lowest BCUT2D eigenvalue weighted by Crippen LogP contribution is -2.46. The number of halogens is 1. The minimum atomic E-state index is -0.159. The average molecular weight is 428 g/mol. The van der Waals surface area contributed by atoms with Gasteiger partial charge >= 0.3 is 0 Å². The SMILES string of the molecule is CCN1CCN(c2ccc(C(=O)Nc3n[nH]c4cc(Br)ccc34)cc2)CC1. The zero-order chi connectivity index (χ0) is 18.8. The van der Waals surface area contributed by atoms with Gasteiger partial charge in [-0.1, -0.05) is 22.9 Å². The first-order valence-corrected chi connectivity index (χ1v) is 9.95. The van der Waals surface area contributed by atoms with Crippen molar-refractivity contribution in [2.45, 2.75) is 6.92 Å². The molecular weight excluding hydrogens is 406 g/mol. The van der Waals surface area contributed by atoms with Crippen molar-refractivity contribution in [3.8, 4) is 0 Å². The summed E-state index contributed by atoms with van der Waals surface area (Å²) in [6.45, 7) is 7.51. The van der Waals surface area contributed by atoms with Gasteiger partial charge in [0, 0.05) is 47.3 Å². The number of fused-ring (bicyclic) bond motifs is 1. The van der Waals surface area contributed by atoms with Crippen LogP contribution in [0.1, 0.15) is 17.3 Å². The van der Waals surface area contributed by atoms with Crippen molar-refractivity contribution < 1.29 is 4.79 Å². The summed E-state index contributed by atoms with van der Waals surface area (Å²) in [6.07, 6.45) is 0. The minimum Gasteiger partial charge on any atom is -0.369 e. The summed E-state index contributed by atoms with van der Waals surface area (Å²) in [5.41, 5.74) is 2.66. The largest absolute Gasteiger partial charge is 0.369 e. The highest BCUT2D eigenvalue weighted by Crippen LogP contribution is 2.24. The molecule has 0 spiro atoms. The topological polar surface area (TPSA) is 64.3 Å². The molecule has 1 saturated heterocycles. The third-order valence-electron chi connectivity index (χ3n) is 5.07. The number of anilines is 2. The molecule has 1 amide bonds. The Morgan fingerprint density at radius 2 is 1.89 bits per heavy atom. The highest BCUT2D eigenvalue weighted by molar-refractivity contribution is 9.10. The van der Waals surface area contributed by atoms with Crippen LogP contribution in [0.15, 0.2) is 46.9 Å². The Hall–Kier alpha value is -2.38. The van der Waals surface area contributed by atoms with E-state index in [0.29, 0.717) is 11.4 Å². The van der Waals surface area contributed by atoms with Crippen LogP contribution in [-0.4, -0.2) is 53.7 Å². The summed E-state index contributed by atoms with van der Waals surface area (Å²) >= 11 is 3.43. The van der Waals surface area contributed by atoms with Crippen molar-refractivity contribution in [2.24, 2.45) is 0 Å². The molecule has 6 nitrogen and oxygen atoms in total. The van der Waals surface area contributed by atoms with E-state index in [4.69, 9.17) is 0 Å². The van der Waals surface area contributed by atoms with E-state index < -0.39 is 0 Å². The molecule has 2 aromatic carbocycles. The standard InChI is InChI=1S/C20H22BrN5O/c1-2-25-9-11-26(12-10-25)16-6-3-14(4-7-16)20(27)22-19-17-8-5-15(21)13-18(17)23-24-19/h3-8,13H,2,9-12H2,1H3,(H2,22,23,24,27). The number of likely N-dealkylation sites (N-methyl/N-ethyl adjacent to an activating group) is 1. The molecule has 7 heteroatoms. The van der Waals surface area contributed by atoms with Gasteiger partial charge in [-0.15, -0.1) is 0 Å². The summed E-state index contributed by atoms with van der Waals surface area (Å²) in [6, 6.07) is 13.6. The maximum absolute atomic E-state index is 12.6. The number of H-pyrrole nitrogens is 1.